The number of likely N-dealkylation sites (tertiary alicyclic amines) is 1. The van der Waals surface area contributed by atoms with Gasteiger partial charge in [-0.25, -0.2) is 9.59 Å². The van der Waals surface area contributed by atoms with E-state index in [-0.39, 0.29) is 11.6 Å². The number of nitrogens with one attached hydrogen (secondary N) is 1. The molecule has 19 heavy (non-hydrogen) atoms. The molecule has 1 fully saturated rings. The summed E-state index contributed by atoms with van der Waals surface area (Å²) in [6.07, 6.45) is 2.93. The number of piperidine rings is 1. The summed E-state index contributed by atoms with van der Waals surface area (Å²) in [7, 11) is 1.64. The normalized spacial score (nSPS) is 24.9. The lowest BCUT2D eigenvalue weighted by Crippen LogP contribution is -2.55. The van der Waals surface area contributed by atoms with E-state index < -0.39 is 12.0 Å². The van der Waals surface area contributed by atoms with Crippen LogP contribution in [-0.4, -0.2) is 53.8 Å². The molecule has 0 bridgehead atoms. The predicted molar refractivity (Wildman–Crippen MR) is 71.1 cm³/mol. The highest BCUT2D eigenvalue weighted by molar-refractivity contribution is 5.82. The molecule has 0 saturated carbocycles. The van der Waals surface area contributed by atoms with Crippen molar-refractivity contribution < 1.29 is 19.4 Å². The molecule has 2 unspecified atom stereocenters. The molecular weight excluding hydrogens is 248 g/mol. The molecule has 1 aliphatic rings. The summed E-state index contributed by atoms with van der Waals surface area (Å²) in [6.45, 7) is 5.00. The Labute approximate surface area is 114 Å². The van der Waals surface area contributed by atoms with Gasteiger partial charge >= 0.3 is 12.0 Å². The van der Waals surface area contributed by atoms with Crippen LogP contribution in [0.2, 0.25) is 0 Å². The van der Waals surface area contributed by atoms with E-state index in [1.807, 2.05) is 13.8 Å². The standard InChI is InChI=1S/C13H24N2O4/c1-4-6-10(11(16)17)14-12(18)15-8-5-7-13(2,9-15)19-3/h10H,4-9H2,1-3H3,(H,14,18)(H,16,17). The van der Waals surface area contributed by atoms with Crippen LogP contribution in [-0.2, 0) is 9.53 Å². The lowest BCUT2D eigenvalue weighted by Gasteiger charge is -2.39. The molecule has 2 atom stereocenters. The van der Waals surface area contributed by atoms with Gasteiger partial charge in [0.2, 0.25) is 0 Å². The van der Waals surface area contributed by atoms with E-state index in [0.717, 1.165) is 12.8 Å². The second-order valence-electron chi connectivity index (χ2n) is 5.31. The molecule has 0 aliphatic carbocycles. The van der Waals surface area contributed by atoms with Crippen LogP contribution in [0.15, 0.2) is 0 Å². The minimum absolute atomic E-state index is 0.316. The van der Waals surface area contributed by atoms with Gasteiger partial charge in [0.05, 0.1) is 12.1 Å². The minimum atomic E-state index is -0.985. The van der Waals surface area contributed by atoms with Crippen LogP contribution in [0.5, 0.6) is 0 Å². The summed E-state index contributed by atoms with van der Waals surface area (Å²) in [4.78, 5) is 24.8. The summed E-state index contributed by atoms with van der Waals surface area (Å²) in [5, 5.41) is 11.6. The molecule has 1 aliphatic heterocycles. The Bertz CT molecular complexity index is 335. The Hall–Kier alpha value is -1.30. The zero-order valence-corrected chi connectivity index (χ0v) is 11.9. The summed E-state index contributed by atoms with van der Waals surface area (Å²) >= 11 is 0. The smallest absolute Gasteiger partial charge is 0.326 e. The number of amides is 2. The first kappa shape index (κ1) is 15.8. The summed E-state index contributed by atoms with van der Waals surface area (Å²) in [5.41, 5.74) is -0.334. The molecule has 1 rings (SSSR count). The number of carboxylic acids is 1. The molecule has 6 nitrogen and oxygen atoms in total. The molecule has 1 heterocycles. The van der Waals surface area contributed by atoms with Crippen molar-refractivity contribution in [1.29, 1.82) is 0 Å². The Morgan fingerprint density at radius 1 is 1.53 bits per heavy atom. The van der Waals surface area contributed by atoms with Crippen LogP contribution in [0.25, 0.3) is 0 Å². The number of carbonyl (C=O) groups is 2. The first-order valence-electron chi connectivity index (χ1n) is 6.75. The zero-order valence-electron chi connectivity index (χ0n) is 11.9. The van der Waals surface area contributed by atoms with E-state index in [9.17, 15) is 9.59 Å². The molecular formula is C13H24N2O4. The Morgan fingerprint density at radius 3 is 2.74 bits per heavy atom. The fourth-order valence-electron chi connectivity index (χ4n) is 2.33. The Kier molecular flexibility index (Phi) is 5.60. The van der Waals surface area contributed by atoms with Gasteiger partial charge in [-0.15, -0.1) is 0 Å². The zero-order chi connectivity index (χ0) is 14.5. The lowest BCUT2D eigenvalue weighted by atomic mass is 9.95. The van der Waals surface area contributed by atoms with Crippen molar-refractivity contribution >= 4 is 12.0 Å². The second kappa shape index (κ2) is 6.75. The highest BCUT2D eigenvalue weighted by Gasteiger charge is 2.34. The van der Waals surface area contributed by atoms with E-state index in [2.05, 4.69) is 5.32 Å². The highest BCUT2D eigenvalue weighted by Crippen LogP contribution is 2.23. The number of ether oxygens (including phenoxy) is 1. The van der Waals surface area contributed by atoms with E-state index in [4.69, 9.17) is 9.84 Å². The molecule has 6 heteroatoms. The summed E-state index contributed by atoms with van der Waals surface area (Å²) in [5.74, 6) is -0.985. The highest BCUT2D eigenvalue weighted by atomic mass is 16.5. The van der Waals surface area contributed by atoms with Crippen LogP contribution < -0.4 is 5.32 Å². The van der Waals surface area contributed by atoms with Gasteiger partial charge in [0.25, 0.3) is 0 Å². The largest absolute Gasteiger partial charge is 0.480 e. The summed E-state index contributed by atoms with van der Waals surface area (Å²) in [6, 6.07) is -1.13. The number of nitrogens with zero attached hydrogens (tertiary/aromatic N) is 1. The van der Waals surface area contributed by atoms with E-state index in [1.54, 1.807) is 12.0 Å². The van der Waals surface area contributed by atoms with Gasteiger partial charge < -0.3 is 20.1 Å². The van der Waals surface area contributed by atoms with Crippen molar-refractivity contribution in [3.63, 3.8) is 0 Å². The van der Waals surface area contributed by atoms with Gasteiger partial charge in [-0.05, 0) is 26.2 Å². The minimum Gasteiger partial charge on any atom is -0.480 e. The number of carbonyl (C=O) groups excluding carboxylic acids is 1. The topological polar surface area (TPSA) is 78.9 Å². The van der Waals surface area contributed by atoms with Crippen molar-refractivity contribution in [2.45, 2.75) is 51.2 Å². The predicted octanol–water partition coefficient (Wildman–Crippen LogP) is 1.45. The average Bonchev–Trinajstić information content (AvgIpc) is 2.38. The molecule has 0 radical (unpaired) electrons. The van der Waals surface area contributed by atoms with Gasteiger partial charge in [-0.2, -0.15) is 0 Å². The monoisotopic (exact) mass is 272 g/mol. The van der Waals surface area contributed by atoms with E-state index in [1.165, 1.54) is 0 Å². The fraction of sp³-hybridized carbons (Fsp3) is 0.846. The van der Waals surface area contributed by atoms with Crippen LogP contribution in [0.3, 0.4) is 0 Å². The van der Waals surface area contributed by atoms with Crippen molar-refractivity contribution in [3.8, 4) is 0 Å². The lowest BCUT2D eigenvalue weighted by molar-refractivity contribution is -0.139. The molecule has 0 aromatic carbocycles. The molecule has 110 valence electrons. The first-order chi connectivity index (χ1) is 8.91. The van der Waals surface area contributed by atoms with Crippen LogP contribution in [0.1, 0.15) is 39.5 Å². The van der Waals surface area contributed by atoms with Crippen molar-refractivity contribution in [2.75, 3.05) is 20.2 Å². The molecule has 0 spiro atoms. The molecule has 0 aromatic heterocycles. The fourth-order valence-corrected chi connectivity index (χ4v) is 2.33. The number of hydrogen-bond donors (Lipinski definition) is 2. The maximum atomic E-state index is 12.1. The third-order valence-corrected chi connectivity index (χ3v) is 3.61. The number of rotatable bonds is 5. The molecule has 2 N–H and O–H groups in total. The van der Waals surface area contributed by atoms with Crippen molar-refractivity contribution in [3.05, 3.63) is 0 Å². The van der Waals surface area contributed by atoms with E-state index in [0.29, 0.717) is 25.9 Å². The maximum Gasteiger partial charge on any atom is 0.326 e. The SMILES string of the molecule is CCCC(NC(=O)N1CCCC(C)(OC)C1)C(=O)O. The van der Waals surface area contributed by atoms with Crippen LogP contribution >= 0.6 is 0 Å². The Morgan fingerprint density at radius 2 is 2.21 bits per heavy atom. The summed E-state index contributed by atoms with van der Waals surface area (Å²) < 4.78 is 5.42. The third kappa shape index (κ3) is 4.38. The van der Waals surface area contributed by atoms with Gasteiger partial charge in [-0.3, -0.25) is 0 Å². The van der Waals surface area contributed by atoms with Crippen molar-refractivity contribution in [2.24, 2.45) is 0 Å². The average molecular weight is 272 g/mol. The van der Waals surface area contributed by atoms with Gasteiger partial charge in [0.1, 0.15) is 6.04 Å². The van der Waals surface area contributed by atoms with Gasteiger partial charge in [0, 0.05) is 13.7 Å². The quantitative estimate of drug-likeness (QED) is 0.794. The van der Waals surface area contributed by atoms with Crippen molar-refractivity contribution in [1.82, 2.24) is 10.2 Å². The number of aliphatic carboxylic acids is 1. The first-order valence-corrected chi connectivity index (χ1v) is 6.75. The van der Waals surface area contributed by atoms with Crippen LogP contribution in [0.4, 0.5) is 4.79 Å². The third-order valence-electron chi connectivity index (χ3n) is 3.61. The number of carboxylic acid groups (broad SMARTS) is 1. The maximum absolute atomic E-state index is 12.1. The van der Waals surface area contributed by atoms with E-state index >= 15 is 0 Å². The van der Waals surface area contributed by atoms with Gasteiger partial charge in [0.15, 0.2) is 0 Å². The van der Waals surface area contributed by atoms with Gasteiger partial charge in [-0.1, -0.05) is 13.3 Å². The Balaban J connectivity index is 2.59. The number of urea groups is 1. The molecule has 0 aromatic rings. The molecule has 2 amide bonds. The molecule has 1 saturated heterocycles. The number of methoxy groups -OCH3 is 1. The second-order valence-corrected chi connectivity index (χ2v) is 5.31. The number of hydrogen-bond acceptors (Lipinski definition) is 3. The van der Waals surface area contributed by atoms with Crippen LogP contribution in [0, 0.1) is 0 Å².